The van der Waals surface area contributed by atoms with Crippen LogP contribution in [0.2, 0.25) is 0 Å². The van der Waals surface area contributed by atoms with Crippen molar-refractivity contribution in [3.05, 3.63) is 173 Å². The molecule has 0 N–H and O–H groups in total. The molecule has 2 nitrogen and oxygen atoms in total. The lowest BCUT2D eigenvalue weighted by atomic mass is 9.79. The Morgan fingerprint density at radius 1 is 0.483 bits per heavy atom. The molecule has 0 saturated carbocycles. The Morgan fingerprint density at radius 2 is 1.10 bits per heavy atom. The highest BCUT2D eigenvalue weighted by Crippen LogP contribution is 2.59. The summed E-state index contributed by atoms with van der Waals surface area (Å²) in [5.74, 6) is 0. The van der Waals surface area contributed by atoms with Gasteiger partial charge in [-0.2, -0.15) is 0 Å². The largest absolute Gasteiger partial charge is 0.456 e. The summed E-state index contributed by atoms with van der Waals surface area (Å²) in [5.41, 5.74) is 20.6. The summed E-state index contributed by atoms with van der Waals surface area (Å²) in [6, 6.07) is 52.2. The molecule has 0 aliphatic heterocycles. The predicted octanol–water partition coefficient (Wildman–Crippen LogP) is 15.9. The van der Waals surface area contributed by atoms with Crippen LogP contribution in [0, 0.1) is 0 Å². The summed E-state index contributed by atoms with van der Waals surface area (Å²) < 4.78 is 7.00. The van der Waals surface area contributed by atoms with Crippen LogP contribution in [0.5, 0.6) is 0 Å². The average molecular weight is 756 g/mol. The van der Waals surface area contributed by atoms with Crippen LogP contribution in [0.1, 0.15) is 103 Å². The molecule has 0 radical (unpaired) electrons. The van der Waals surface area contributed by atoms with Gasteiger partial charge in [0.2, 0.25) is 0 Å². The van der Waals surface area contributed by atoms with Crippen LogP contribution in [0.3, 0.4) is 0 Å². The molecule has 8 aromatic rings. The molecule has 0 saturated heterocycles. The molecule has 10 rings (SSSR count). The van der Waals surface area contributed by atoms with E-state index in [1.807, 2.05) is 0 Å². The third kappa shape index (κ3) is 5.30. The van der Waals surface area contributed by atoms with Gasteiger partial charge in [0.25, 0.3) is 0 Å². The fourth-order valence-corrected chi connectivity index (χ4v) is 10.1. The highest BCUT2D eigenvalue weighted by Gasteiger charge is 2.41. The van der Waals surface area contributed by atoms with Crippen molar-refractivity contribution >= 4 is 39.0 Å². The second kappa shape index (κ2) is 12.3. The topological polar surface area (TPSA) is 16.4 Å². The standard InChI is InChI=1S/C56H53NO/c1-53(2,3)36-31-41-49-48(58-52(41)46(32-36)54(4,5)6)30-29-44-51(49)50-43(56(44,9)10)21-16-22-47(50)57(37-25-23-35(24-26-37)34-17-12-11-13-18-34)38-27-28-40-39-19-14-15-20-42(39)55(7,8)45(40)33-38/h11-33H,1-10H3. The molecular weight excluding hydrogens is 703 g/mol. The highest BCUT2D eigenvalue weighted by atomic mass is 16.3. The van der Waals surface area contributed by atoms with Gasteiger partial charge >= 0.3 is 0 Å². The van der Waals surface area contributed by atoms with Gasteiger partial charge < -0.3 is 9.32 Å². The predicted molar refractivity (Wildman–Crippen MR) is 246 cm³/mol. The second-order valence-corrected chi connectivity index (χ2v) is 19.8. The first kappa shape index (κ1) is 36.5. The fraction of sp³-hybridized carbons (Fsp3) is 0.250. The lowest BCUT2D eigenvalue weighted by Crippen LogP contribution is -2.17. The summed E-state index contributed by atoms with van der Waals surface area (Å²) in [5, 5.41) is 2.42. The molecule has 288 valence electrons. The van der Waals surface area contributed by atoms with Crippen molar-refractivity contribution in [1.29, 1.82) is 0 Å². The minimum Gasteiger partial charge on any atom is -0.456 e. The van der Waals surface area contributed by atoms with Gasteiger partial charge in [-0.25, -0.2) is 0 Å². The van der Waals surface area contributed by atoms with Crippen LogP contribution in [0.25, 0.3) is 55.3 Å². The van der Waals surface area contributed by atoms with Gasteiger partial charge in [0, 0.05) is 44.1 Å². The molecule has 58 heavy (non-hydrogen) atoms. The average Bonchev–Trinajstić information content (AvgIpc) is 3.77. The smallest absolute Gasteiger partial charge is 0.139 e. The zero-order valence-corrected chi connectivity index (χ0v) is 35.6. The molecule has 0 spiro atoms. The fourth-order valence-electron chi connectivity index (χ4n) is 10.1. The van der Waals surface area contributed by atoms with Gasteiger partial charge in [-0.3, -0.25) is 0 Å². The van der Waals surface area contributed by atoms with E-state index in [0.29, 0.717) is 0 Å². The maximum absolute atomic E-state index is 7.00. The quantitative estimate of drug-likeness (QED) is 0.178. The Balaban J connectivity index is 1.27. The van der Waals surface area contributed by atoms with Gasteiger partial charge in [-0.1, -0.05) is 166 Å². The van der Waals surface area contributed by atoms with E-state index < -0.39 is 0 Å². The molecule has 0 unspecified atom stereocenters. The van der Waals surface area contributed by atoms with E-state index in [0.717, 1.165) is 22.5 Å². The number of furan rings is 1. The van der Waals surface area contributed by atoms with E-state index in [1.165, 1.54) is 83.2 Å². The Labute approximate surface area is 344 Å². The van der Waals surface area contributed by atoms with E-state index in [9.17, 15) is 0 Å². The number of hydrogen-bond acceptors (Lipinski definition) is 2. The number of benzene rings is 7. The third-order valence-corrected chi connectivity index (χ3v) is 13.3. The van der Waals surface area contributed by atoms with Crippen molar-refractivity contribution < 1.29 is 4.42 Å². The van der Waals surface area contributed by atoms with E-state index in [4.69, 9.17) is 4.42 Å². The first-order chi connectivity index (χ1) is 27.5. The molecule has 0 atom stereocenters. The van der Waals surface area contributed by atoms with Crippen molar-refractivity contribution in [2.75, 3.05) is 4.90 Å². The van der Waals surface area contributed by atoms with E-state index in [-0.39, 0.29) is 21.7 Å². The number of hydrogen-bond donors (Lipinski definition) is 0. The van der Waals surface area contributed by atoms with Gasteiger partial charge in [-0.05, 0) is 109 Å². The Hall–Kier alpha value is -5.86. The van der Waals surface area contributed by atoms with Crippen LogP contribution in [0.15, 0.2) is 144 Å². The molecule has 2 aliphatic carbocycles. The van der Waals surface area contributed by atoms with Gasteiger partial charge in [0.05, 0.1) is 5.69 Å². The lowest BCUT2D eigenvalue weighted by molar-refractivity contribution is 0.559. The molecule has 2 heteroatoms. The van der Waals surface area contributed by atoms with Crippen molar-refractivity contribution in [2.24, 2.45) is 0 Å². The maximum Gasteiger partial charge on any atom is 0.139 e. The Kier molecular flexibility index (Phi) is 7.75. The van der Waals surface area contributed by atoms with Crippen LogP contribution in [-0.2, 0) is 21.7 Å². The first-order valence-corrected chi connectivity index (χ1v) is 20.9. The minimum atomic E-state index is -0.225. The number of fused-ring (bicyclic) bond motifs is 10. The zero-order chi connectivity index (χ0) is 40.5. The van der Waals surface area contributed by atoms with Crippen LogP contribution in [-0.4, -0.2) is 0 Å². The molecular formula is C56H53NO. The lowest BCUT2D eigenvalue weighted by Gasteiger charge is -2.30. The zero-order valence-electron chi connectivity index (χ0n) is 35.6. The Morgan fingerprint density at radius 3 is 1.83 bits per heavy atom. The third-order valence-electron chi connectivity index (χ3n) is 13.3. The summed E-state index contributed by atoms with van der Waals surface area (Å²) in [6.07, 6.45) is 0. The molecule has 1 heterocycles. The minimum absolute atomic E-state index is 0.0260. The maximum atomic E-state index is 7.00. The molecule has 0 amide bonds. The van der Waals surface area contributed by atoms with Crippen molar-refractivity contribution in [1.82, 2.24) is 0 Å². The summed E-state index contributed by atoms with van der Waals surface area (Å²) in [4.78, 5) is 2.51. The summed E-state index contributed by atoms with van der Waals surface area (Å²) in [6.45, 7) is 23.4. The monoisotopic (exact) mass is 755 g/mol. The summed E-state index contributed by atoms with van der Waals surface area (Å²) in [7, 11) is 0. The van der Waals surface area contributed by atoms with Crippen molar-refractivity contribution in [3.8, 4) is 33.4 Å². The van der Waals surface area contributed by atoms with Gasteiger partial charge in [0.1, 0.15) is 11.2 Å². The molecule has 7 aromatic carbocycles. The molecule has 0 fully saturated rings. The van der Waals surface area contributed by atoms with E-state index >= 15 is 0 Å². The highest BCUT2D eigenvalue weighted by molar-refractivity contribution is 6.17. The summed E-state index contributed by atoms with van der Waals surface area (Å²) >= 11 is 0. The normalized spacial score (nSPS) is 15.0. The van der Waals surface area contributed by atoms with Crippen molar-refractivity contribution in [3.63, 3.8) is 0 Å². The molecule has 2 aliphatic rings. The number of rotatable bonds is 4. The van der Waals surface area contributed by atoms with Crippen LogP contribution >= 0.6 is 0 Å². The van der Waals surface area contributed by atoms with E-state index in [2.05, 4.69) is 214 Å². The number of nitrogens with zero attached hydrogens (tertiary/aromatic N) is 1. The van der Waals surface area contributed by atoms with Crippen molar-refractivity contribution in [2.45, 2.75) is 90.9 Å². The number of anilines is 3. The Bertz CT molecular complexity index is 2940. The van der Waals surface area contributed by atoms with Gasteiger partial charge in [0.15, 0.2) is 0 Å². The second-order valence-electron chi connectivity index (χ2n) is 19.8. The molecule has 1 aromatic heterocycles. The van der Waals surface area contributed by atoms with Crippen LogP contribution < -0.4 is 4.90 Å². The SMILES string of the molecule is CC(C)(C)c1cc(C(C)(C)C)c2oc3ccc4c(c3c2c1)-c1c(N(c2ccc(-c3ccccc3)cc2)c2ccc3c(c2)C(C)(C)c2ccccc2-3)cccc1C4(C)C. The van der Waals surface area contributed by atoms with Gasteiger partial charge in [-0.15, -0.1) is 0 Å². The van der Waals surface area contributed by atoms with E-state index in [1.54, 1.807) is 0 Å². The first-order valence-electron chi connectivity index (χ1n) is 20.9. The molecule has 0 bridgehead atoms. The van der Waals surface area contributed by atoms with Crippen LogP contribution in [0.4, 0.5) is 17.1 Å².